The van der Waals surface area contributed by atoms with Crippen LogP contribution in [0.3, 0.4) is 0 Å². The lowest BCUT2D eigenvalue weighted by Gasteiger charge is -2.09. The molecule has 1 aromatic heterocycles. The summed E-state index contributed by atoms with van der Waals surface area (Å²) in [7, 11) is 0. The van der Waals surface area contributed by atoms with Crippen LogP contribution >= 0.6 is 0 Å². The number of carbonyl (C=O) groups excluding carboxylic acids is 1. The quantitative estimate of drug-likeness (QED) is 0.881. The summed E-state index contributed by atoms with van der Waals surface area (Å²) in [6.07, 6.45) is 0.990. The molecule has 110 valence electrons. The Bertz CT molecular complexity index is 620. The largest absolute Gasteiger partial charge is 0.370 e. The number of nitrogens with one attached hydrogen (secondary N) is 2. The van der Waals surface area contributed by atoms with Crippen molar-refractivity contribution in [2.45, 2.75) is 27.2 Å². The molecule has 0 saturated carbocycles. The SMILES string of the molecule is CCNc1cc(C(=O)Nc2ccc(CC)cc2)cc(C)n1. The van der Waals surface area contributed by atoms with Gasteiger partial charge in [-0.2, -0.15) is 0 Å². The van der Waals surface area contributed by atoms with E-state index in [9.17, 15) is 4.79 Å². The molecule has 4 nitrogen and oxygen atoms in total. The van der Waals surface area contributed by atoms with E-state index in [1.54, 1.807) is 12.1 Å². The predicted molar refractivity (Wildman–Crippen MR) is 86.9 cm³/mol. The maximum absolute atomic E-state index is 12.3. The molecular weight excluding hydrogens is 262 g/mol. The molecule has 0 spiro atoms. The molecule has 1 aromatic carbocycles. The highest BCUT2D eigenvalue weighted by Crippen LogP contribution is 2.14. The van der Waals surface area contributed by atoms with Crippen molar-refractivity contribution >= 4 is 17.4 Å². The number of rotatable bonds is 5. The number of carbonyl (C=O) groups is 1. The van der Waals surface area contributed by atoms with Gasteiger partial charge in [-0.3, -0.25) is 4.79 Å². The van der Waals surface area contributed by atoms with E-state index in [1.807, 2.05) is 38.1 Å². The number of anilines is 2. The molecule has 0 unspecified atom stereocenters. The molecule has 0 saturated heterocycles. The lowest BCUT2D eigenvalue weighted by atomic mass is 10.1. The van der Waals surface area contributed by atoms with Crippen LogP contribution in [0.4, 0.5) is 11.5 Å². The Morgan fingerprint density at radius 3 is 2.48 bits per heavy atom. The van der Waals surface area contributed by atoms with Crippen LogP contribution in [0.15, 0.2) is 36.4 Å². The number of nitrogens with zero attached hydrogens (tertiary/aromatic N) is 1. The molecule has 4 heteroatoms. The molecule has 0 bridgehead atoms. The second-order valence-electron chi connectivity index (χ2n) is 4.92. The fourth-order valence-electron chi connectivity index (χ4n) is 2.10. The molecule has 0 aliphatic heterocycles. The monoisotopic (exact) mass is 283 g/mol. The molecule has 21 heavy (non-hydrogen) atoms. The van der Waals surface area contributed by atoms with Crippen molar-refractivity contribution in [3.8, 4) is 0 Å². The molecule has 0 fully saturated rings. The summed E-state index contributed by atoms with van der Waals surface area (Å²) in [6, 6.07) is 11.5. The minimum atomic E-state index is -0.121. The zero-order valence-electron chi connectivity index (χ0n) is 12.7. The molecular formula is C17H21N3O. The average Bonchev–Trinajstić information content (AvgIpc) is 2.48. The van der Waals surface area contributed by atoms with Crippen LogP contribution in [0.2, 0.25) is 0 Å². The normalized spacial score (nSPS) is 10.2. The molecule has 1 heterocycles. The first-order valence-corrected chi connectivity index (χ1v) is 7.25. The fourth-order valence-corrected chi connectivity index (χ4v) is 2.10. The summed E-state index contributed by atoms with van der Waals surface area (Å²) in [5.41, 5.74) is 3.48. The van der Waals surface area contributed by atoms with Crippen LogP contribution in [0.5, 0.6) is 0 Å². The number of amides is 1. The van der Waals surface area contributed by atoms with E-state index >= 15 is 0 Å². The van der Waals surface area contributed by atoms with Crippen molar-refractivity contribution in [1.82, 2.24) is 4.98 Å². The smallest absolute Gasteiger partial charge is 0.255 e. The van der Waals surface area contributed by atoms with E-state index in [0.29, 0.717) is 5.56 Å². The van der Waals surface area contributed by atoms with Gasteiger partial charge in [-0.05, 0) is 50.1 Å². The minimum Gasteiger partial charge on any atom is -0.370 e. The summed E-state index contributed by atoms with van der Waals surface area (Å²) in [5.74, 6) is 0.605. The highest BCUT2D eigenvalue weighted by Gasteiger charge is 2.09. The molecule has 0 aliphatic carbocycles. The summed E-state index contributed by atoms with van der Waals surface area (Å²) in [5, 5.41) is 6.04. The maximum Gasteiger partial charge on any atom is 0.255 e. The van der Waals surface area contributed by atoms with E-state index in [2.05, 4.69) is 22.5 Å². The molecule has 2 aromatic rings. The van der Waals surface area contributed by atoms with Gasteiger partial charge in [-0.25, -0.2) is 4.98 Å². The van der Waals surface area contributed by atoms with Crippen LogP contribution in [0, 0.1) is 6.92 Å². The van der Waals surface area contributed by atoms with Gasteiger partial charge in [0.25, 0.3) is 5.91 Å². The number of aryl methyl sites for hydroxylation is 2. The van der Waals surface area contributed by atoms with E-state index in [-0.39, 0.29) is 5.91 Å². The first-order valence-electron chi connectivity index (χ1n) is 7.25. The van der Waals surface area contributed by atoms with Crippen LogP contribution in [-0.4, -0.2) is 17.4 Å². The third kappa shape index (κ3) is 4.05. The van der Waals surface area contributed by atoms with Gasteiger partial charge in [0, 0.05) is 23.5 Å². The Morgan fingerprint density at radius 1 is 1.14 bits per heavy atom. The number of hydrogen-bond acceptors (Lipinski definition) is 3. The van der Waals surface area contributed by atoms with Gasteiger partial charge < -0.3 is 10.6 Å². The Labute approximate surface area is 125 Å². The van der Waals surface area contributed by atoms with E-state index in [0.717, 1.165) is 30.2 Å². The molecule has 1 amide bonds. The van der Waals surface area contributed by atoms with Crippen molar-refractivity contribution in [2.24, 2.45) is 0 Å². The average molecular weight is 283 g/mol. The Morgan fingerprint density at radius 2 is 1.86 bits per heavy atom. The first-order chi connectivity index (χ1) is 10.1. The molecule has 0 aliphatic rings. The van der Waals surface area contributed by atoms with E-state index in [4.69, 9.17) is 0 Å². The highest BCUT2D eigenvalue weighted by atomic mass is 16.1. The van der Waals surface area contributed by atoms with Crippen molar-refractivity contribution in [3.63, 3.8) is 0 Å². The third-order valence-corrected chi connectivity index (χ3v) is 3.19. The summed E-state index contributed by atoms with van der Waals surface area (Å²) >= 11 is 0. The van der Waals surface area contributed by atoms with Crippen molar-refractivity contribution < 1.29 is 4.79 Å². The summed E-state index contributed by atoms with van der Waals surface area (Å²) in [4.78, 5) is 16.7. The van der Waals surface area contributed by atoms with E-state index < -0.39 is 0 Å². The number of hydrogen-bond donors (Lipinski definition) is 2. The summed E-state index contributed by atoms with van der Waals surface area (Å²) < 4.78 is 0. The zero-order chi connectivity index (χ0) is 15.2. The van der Waals surface area contributed by atoms with Crippen LogP contribution < -0.4 is 10.6 Å². The Kier molecular flexibility index (Phi) is 4.93. The molecule has 0 radical (unpaired) electrons. The van der Waals surface area contributed by atoms with Gasteiger partial charge in [0.1, 0.15) is 5.82 Å². The second kappa shape index (κ2) is 6.88. The topological polar surface area (TPSA) is 54.0 Å². The molecule has 2 N–H and O–H groups in total. The number of pyridine rings is 1. The van der Waals surface area contributed by atoms with Gasteiger partial charge in [0.05, 0.1) is 0 Å². The zero-order valence-corrected chi connectivity index (χ0v) is 12.7. The second-order valence-corrected chi connectivity index (χ2v) is 4.92. The lowest BCUT2D eigenvalue weighted by molar-refractivity contribution is 0.102. The van der Waals surface area contributed by atoms with Gasteiger partial charge in [0.15, 0.2) is 0 Å². The first kappa shape index (κ1) is 15.0. The fraction of sp³-hybridized carbons (Fsp3) is 0.294. The van der Waals surface area contributed by atoms with Gasteiger partial charge in [0.2, 0.25) is 0 Å². The van der Waals surface area contributed by atoms with Gasteiger partial charge in [-0.15, -0.1) is 0 Å². The van der Waals surface area contributed by atoms with Crippen molar-refractivity contribution in [1.29, 1.82) is 0 Å². The van der Waals surface area contributed by atoms with Gasteiger partial charge in [-0.1, -0.05) is 19.1 Å². The third-order valence-electron chi connectivity index (χ3n) is 3.19. The Balaban J connectivity index is 2.15. The number of aromatic nitrogens is 1. The summed E-state index contributed by atoms with van der Waals surface area (Å²) in [6.45, 7) is 6.76. The van der Waals surface area contributed by atoms with E-state index in [1.165, 1.54) is 5.56 Å². The highest BCUT2D eigenvalue weighted by molar-refractivity contribution is 6.04. The van der Waals surface area contributed by atoms with Crippen LogP contribution in [0.1, 0.15) is 35.5 Å². The standard InChI is InChI=1S/C17H21N3O/c1-4-13-6-8-15(9-7-13)20-17(21)14-10-12(3)19-16(11-14)18-5-2/h6-11H,4-5H2,1-3H3,(H,18,19)(H,20,21). The van der Waals surface area contributed by atoms with Crippen LogP contribution in [-0.2, 0) is 6.42 Å². The lowest BCUT2D eigenvalue weighted by Crippen LogP contribution is -2.13. The van der Waals surface area contributed by atoms with Crippen molar-refractivity contribution in [3.05, 3.63) is 53.2 Å². The van der Waals surface area contributed by atoms with Gasteiger partial charge >= 0.3 is 0 Å². The number of benzene rings is 1. The predicted octanol–water partition coefficient (Wildman–Crippen LogP) is 3.64. The Hall–Kier alpha value is -2.36. The maximum atomic E-state index is 12.3. The van der Waals surface area contributed by atoms with Crippen LogP contribution in [0.25, 0.3) is 0 Å². The molecule has 2 rings (SSSR count). The minimum absolute atomic E-state index is 0.121. The van der Waals surface area contributed by atoms with Crippen molar-refractivity contribution in [2.75, 3.05) is 17.2 Å². The molecule has 0 atom stereocenters.